The van der Waals surface area contributed by atoms with Crippen molar-refractivity contribution < 1.29 is 18.3 Å². The molecule has 7 heteroatoms. The molecule has 1 unspecified atom stereocenters. The fraction of sp³-hybridized carbons (Fsp3) is 0.286. The highest BCUT2D eigenvalue weighted by Crippen LogP contribution is 2.33. The molecule has 0 aliphatic carbocycles. The van der Waals surface area contributed by atoms with Gasteiger partial charge in [-0.05, 0) is 45.3 Å². The van der Waals surface area contributed by atoms with Gasteiger partial charge in [-0.15, -0.1) is 0 Å². The minimum Gasteiger partial charge on any atom is -0.379 e. The summed E-state index contributed by atoms with van der Waals surface area (Å²) in [6, 6.07) is 22.7. The number of benzene rings is 3. The fourth-order valence-corrected chi connectivity index (χ4v) is 4.66. The lowest BCUT2D eigenvalue weighted by Gasteiger charge is -2.34. The number of piperazine rings is 1. The summed E-state index contributed by atoms with van der Waals surface area (Å²) in [7, 11) is 0. The van der Waals surface area contributed by atoms with Crippen LogP contribution < -0.4 is 0 Å². The third-order valence-electron chi connectivity index (χ3n) is 6.72. The first kappa shape index (κ1) is 23.6. The zero-order valence-corrected chi connectivity index (χ0v) is 19.3. The molecule has 0 radical (unpaired) electrons. The van der Waals surface area contributed by atoms with E-state index >= 15 is 0 Å². The lowest BCUT2D eigenvalue weighted by atomic mass is 10.0. The molecule has 0 saturated carbocycles. The Kier molecular flexibility index (Phi) is 6.65. The average Bonchev–Trinajstić information content (AvgIpc) is 3.33. The van der Waals surface area contributed by atoms with Gasteiger partial charge in [-0.25, -0.2) is 0 Å². The first-order valence-corrected chi connectivity index (χ1v) is 11.8. The van der Waals surface area contributed by atoms with E-state index in [-0.39, 0.29) is 5.56 Å². The number of fused-ring (bicyclic) bond motifs is 1. The van der Waals surface area contributed by atoms with Gasteiger partial charge in [-0.3, -0.25) is 9.80 Å². The number of rotatable bonds is 6. The molecule has 2 heterocycles. The van der Waals surface area contributed by atoms with Crippen LogP contribution in [0.5, 0.6) is 0 Å². The predicted octanol–water partition coefficient (Wildman–Crippen LogP) is 5.75. The third kappa shape index (κ3) is 5.59. The maximum Gasteiger partial charge on any atom is 0.418 e. The van der Waals surface area contributed by atoms with Crippen LogP contribution in [0.4, 0.5) is 13.2 Å². The number of alkyl halides is 3. The van der Waals surface area contributed by atoms with Crippen LogP contribution in [0.15, 0.2) is 79.0 Å². The van der Waals surface area contributed by atoms with Gasteiger partial charge in [0.05, 0.1) is 0 Å². The fourth-order valence-electron chi connectivity index (χ4n) is 4.66. The summed E-state index contributed by atoms with van der Waals surface area (Å²) in [5.74, 6) is 0. The summed E-state index contributed by atoms with van der Waals surface area (Å²) < 4.78 is 38.1. The van der Waals surface area contributed by atoms with Crippen molar-refractivity contribution in [2.24, 2.45) is 0 Å². The molecular weight excluding hydrogens is 451 g/mol. The van der Waals surface area contributed by atoms with Gasteiger partial charge in [0.1, 0.15) is 0 Å². The molecular formula is C28H28F3N3O. The van der Waals surface area contributed by atoms with Crippen LogP contribution in [-0.4, -0.2) is 52.2 Å². The third-order valence-corrected chi connectivity index (χ3v) is 6.72. The Labute approximate surface area is 202 Å². The summed E-state index contributed by atoms with van der Waals surface area (Å²) in [5.41, 5.74) is 5.32. The van der Waals surface area contributed by atoms with Gasteiger partial charge in [-0.2, -0.15) is 13.2 Å². The molecule has 1 aliphatic heterocycles. The van der Waals surface area contributed by atoms with Crippen molar-refractivity contribution in [3.05, 3.63) is 95.7 Å². The smallest absolute Gasteiger partial charge is 0.379 e. The number of hydrogen-bond donors (Lipinski definition) is 2. The molecule has 2 N–H and O–H groups in total. The van der Waals surface area contributed by atoms with E-state index in [0.29, 0.717) is 0 Å². The number of aromatic nitrogens is 1. The van der Waals surface area contributed by atoms with Crippen molar-refractivity contribution in [3.63, 3.8) is 0 Å². The van der Waals surface area contributed by atoms with Crippen LogP contribution in [-0.2, 0) is 13.1 Å². The van der Waals surface area contributed by atoms with E-state index in [1.165, 1.54) is 34.2 Å². The Bertz CT molecular complexity index is 1260. The van der Waals surface area contributed by atoms with E-state index in [1.807, 2.05) is 18.3 Å². The predicted molar refractivity (Wildman–Crippen MR) is 132 cm³/mol. The van der Waals surface area contributed by atoms with Gasteiger partial charge in [0.25, 0.3) is 0 Å². The summed E-state index contributed by atoms with van der Waals surface area (Å²) in [6.07, 6.45) is -5.15. The minimum absolute atomic E-state index is 0.151. The zero-order valence-electron chi connectivity index (χ0n) is 19.3. The Morgan fingerprint density at radius 3 is 1.89 bits per heavy atom. The van der Waals surface area contributed by atoms with Gasteiger partial charge in [0.15, 0.2) is 6.10 Å². The van der Waals surface area contributed by atoms with Crippen LogP contribution in [0, 0.1) is 0 Å². The number of nitrogens with zero attached hydrogens (tertiary/aromatic N) is 2. The van der Waals surface area contributed by atoms with E-state index in [0.717, 1.165) is 50.4 Å². The molecule has 1 saturated heterocycles. The SMILES string of the molecule is OC(c1ccc(-c2ccc(CN3CCN(Cc4ccc5cc[nH]c5c4)CC3)cc2)cc1)C(F)(F)F. The van der Waals surface area contributed by atoms with Crippen molar-refractivity contribution in [2.45, 2.75) is 25.4 Å². The Morgan fingerprint density at radius 2 is 1.29 bits per heavy atom. The molecule has 3 aromatic carbocycles. The highest BCUT2D eigenvalue weighted by molar-refractivity contribution is 5.79. The maximum absolute atomic E-state index is 12.7. The van der Waals surface area contributed by atoms with Crippen molar-refractivity contribution in [1.29, 1.82) is 0 Å². The number of aliphatic hydroxyl groups excluding tert-OH is 1. The molecule has 0 spiro atoms. The van der Waals surface area contributed by atoms with Gasteiger partial charge in [0.2, 0.25) is 0 Å². The molecule has 1 fully saturated rings. The topological polar surface area (TPSA) is 42.5 Å². The average molecular weight is 480 g/mol. The second-order valence-electron chi connectivity index (χ2n) is 9.21. The first-order chi connectivity index (χ1) is 16.8. The standard InChI is InChI=1S/C28H28F3N3O/c29-28(30,31)27(35)25-9-7-23(8-10-25)22-4-1-20(2-5-22)18-33-13-15-34(16-14-33)19-21-3-6-24-11-12-32-26(24)17-21/h1-12,17,27,32,35H,13-16,18-19H2. The number of nitrogens with one attached hydrogen (secondary N) is 1. The van der Waals surface area contributed by atoms with E-state index < -0.39 is 12.3 Å². The van der Waals surface area contributed by atoms with Gasteiger partial charge >= 0.3 is 6.18 Å². The van der Waals surface area contributed by atoms with Crippen LogP contribution in [0.2, 0.25) is 0 Å². The first-order valence-electron chi connectivity index (χ1n) is 11.8. The minimum atomic E-state index is -4.66. The molecule has 5 rings (SSSR count). The van der Waals surface area contributed by atoms with E-state index in [1.54, 1.807) is 12.1 Å². The molecule has 4 aromatic rings. The van der Waals surface area contributed by atoms with E-state index in [9.17, 15) is 18.3 Å². The van der Waals surface area contributed by atoms with Crippen LogP contribution in [0.1, 0.15) is 22.8 Å². The molecule has 35 heavy (non-hydrogen) atoms. The highest BCUT2D eigenvalue weighted by Gasteiger charge is 2.39. The van der Waals surface area contributed by atoms with Crippen molar-refractivity contribution in [2.75, 3.05) is 26.2 Å². The number of H-pyrrole nitrogens is 1. The van der Waals surface area contributed by atoms with Crippen LogP contribution in [0.3, 0.4) is 0 Å². The lowest BCUT2D eigenvalue weighted by molar-refractivity contribution is -0.206. The lowest BCUT2D eigenvalue weighted by Crippen LogP contribution is -2.45. The van der Waals surface area contributed by atoms with Gasteiger partial charge < -0.3 is 10.1 Å². The normalized spacial score (nSPS) is 16.6. The highest BCUT2D eigenvalue weighted by atomic mass is 19.4. The largest absolute Gasteiger partial charge is 0.418 e. The maximum atomic E-state index is 12.7. The second-order valence-corrected chi connectivity index (χ2v) is 9.21. The molecule has 0 amide bonds. The summed E-state index contributed by atoms with van der Waals surface area (Å²) in [5, 5.41) is 10.6. The Balaban J connectivity index is 1.13. The Morgan fingerprint density at radius 1 is 0.743 bits per heavy atom. The van der Waals surface area contributed by atoms with Crippen molar-refractivity contribution >= 4 is 10.9 Å². The molecule has 1 aromatic heterocycles. The van der Waals surface area contributed by atoms with Crippen molar-refractivity contribution in [1.82, 2.24) is 14.8 Å². The van der Waals surface area contributed by atoms with Crippen LogP contribution >= 0.6 is 0 Å². The number of aliphatic hydroxyl groups is 1. The monoisotopic (exact) mass is 479 g/mol. The van der Waals surface area contributed by atoms with Gasteiger partial charge in [-0.1, -0.05) is 60.7 Å². The molecule has 0 bridgehead atoms. The van der Waals surface area contributed by atoms with Gasteiger partial charge in [0, 0.05) is 51.0 Å². The summed E-state index contributed by atoms with van der Waals surface area (Å²) >= 11 is 0. The zero-order chi connectivity index (χ0) is 24.4. The number of halogens is 3. The number of aromatic amines is 1. The molecule has 1 atom stereocenters. The quantitative estimate of drug-likeness (QED) is 0.370. The second kappa shape index (κ2) is 9.85. The number of hydrogen-bond acceptors (Lipinski definition) is 3. The summed E-state index contributed by atoms with van der Waals surface area (Å²) in [4.78, 5) is 8.22. The van der Waals surface area contributed by atoms with Crippen molar-refractivity contribution in [3.8, 4) is 11.1 Å². The van der Waals surface area contributed by atoms with E-state index in [4.69, 9.17) is 0 Å². The Hall–Kier alpha value is -3.13. The van der Waals surface area contributed by atoms with Crippen LogP contribution in [0.25, 0.3) is 22.0 Å². The molecule has 1 aliphatic rings. The molecule has 182 valence electrons. The molecule has 4 nitrogen and oxygen atoms in total. The van der Waals surface area contributed by atoms with E-state index in [2.05, 4.69) is 51.2 Å². The summed E-state index contributed by atoms with van der Waals surface area (Å²) in [6.45, 7) is 5.90.